The molecule has 0 aliphatic rings. The lowest BCUT2D eigenvalue weighted by molar-refractivity contribution is -0.870. The third-order valence-corrected chi connectivity index (χ3v) is 10.5. The number of quaternary nitrogens is 1. The Labute approximate surface area is 372 Å². The molecule has 0 aromatic carbocycles. The lowest BCUT2D eigenvalue weighted by atomic mass is 10.1. The van der Waals surface area contributed by atoms with Crippen molar-refractivity contribution in [1.29, 1.82) is 0 Å². The van der Waals surface area contributed by atoms with Gasteiger partial charge in [0.05, 0.1) is 33.9 Å². The van der Waals surface area contributed by atoms with E-state index in [0.29, 0.717) is 17.4 Å². The van der Waals surface area contributed by atoms with Gasteiger partial charge in [0, 0.05) is 12.8 Å². The van der Waals surface area contributed by atoms with Crippen molar-refractivity contribution in [2.45, 2.75) is 174 Å². The zero-order chi connectivity index (χ0) is 45.1. The van der Waals surface area contributed by atoms with Crippen LogP contribution in [0.4, 0.5) is 0 Å². The average molecular weight is 877 g/mol. The highest BCUT2D eigenvalue weighted by atomic mass is 31.2. The van der Waals surface area contributed by atoms with Gasteiger partial charge in [0.25, 0.3) is 0 Å². The summed E-state index contributed by atoms with van der Waals surface area (Å²) < 4.78 is 34.1. The maximum absolute atomic E-state index is 12.7. The van der Waals surface area contributed by atoms with Gasteiger partial charge in [-0.1, -0.05) is 163 Å². The first kappa shape index (κ1) is 58.1. The van der Waals surface area contributed by atoms with E-state index in [1.54, 1.807) is 12.2 Å². The van der Waals surface area contributed by atoms with Crippen LogP contribution in [0.5, 0.6) is 0 Å². The molecule has 0 spiro atoms. The van der Waals surface area contributed by atoms with Crippen LogP contribution in [0.2, 0.25) is 0 Å². The largest absolute Gasteiger partial charge is 0.472 e. The maximum atomic E-state index is 12.7. The summed E-state index contributed by atoms with van der Waals surface area (Å²) in [6, 6.07) is 0. The summed E-state index contributed by atoms with van der Waals surface area (Å²) in [6.07, 6.45) is 49.6. The van der Waals surface area contributed by atoms with Gasteiger partial charge in [-0.2, -0.15) is 0 Å². The van der Waals surface area contributed by atoms with Crippen molar-refractivity contribution in [2.24, 2.45) is 0 Å². The first-order chi connectivity index (χ1) is 29.4. The van der Waals surface area contributed by atoms with Gasteiger partial charge in [0.1, 0.15) is 19.8 Å². The second-order valence-electron chi connectivity index (χ2n) is 16.6. The van der Waals surface area contributed by atoms with E-state index in [4.69, 9.17) is 18.5 Å². The molecule has 0 amide bonds. The van der Waals surface area contributed by atoms with Crippen LogP contribution in [0.15, 0.2) is 85.1 Å². The van der Waals surface area contributed by atoms with Crippen LogP contribution in [0.25, 0.3) is 0 Å². The quantitative estimate of drug-likeness (QED) is 0.0154. The summed E-state index contributed by atoms with van der Waals surface area (Å²) >= 11 is 0. The number of aliphatic hydroxyl groups is 1. The fourth-order valence-electron chi connectivity index (χ4n) is 5.82. The molecule has 0 aliphatic heterocycles. The zero-order valence-corrected chi connectivity index (χ0v) is 39.9. The number of unbranched alkanes of at least 4 members (excludes halogenated alkanes) is 13. The Morgan fingerprint density at radius 3 is 1.69 bits per heavy atom. The Morgan fingerprint density at radius 2 is 1.13 bits per heavy atom. The minimum Gasteiger partial charge on any atom is -0.462 e. The topological polar surface area (TPSA) is 129 Å². The standard InChI is InChI=1S/C50H86NO9P/c1-6-8-10-12-14-16-18-20-22-24-26-28-30-32-34-36-38-40-49(53)57-45-48(46-59-61(55,56)58-44-43-51(3,4)5)60-50(54)42-41-47(52)39-37-35-33-31-29-27-25-23-21-19-17-15-13-11-9-7-2/h9,11,15,17,20-23,27,29,33,35,37,39,47-48,52H,6-8,10,12-14,16,18-19,24-26,28,30-32,34,36,38,40-46H2,1-5H3/p+1/b11-9-,17-15-,22-20-,23-21-,29-27-,35-33-,39-37-/t47?,48-/m1/s1. The smallest absolute Gasteiger partial charge is 0.462 e. The maximum Gasteiger partial charge on any atom is 0.472 e. The summed E-state index contributed by atoms with van der Waals surface area (Å²) in [4.78, 5) is 35.5. The molecule has 350 valence electrons. The zero-order valence-electron chi connectivity index (χ0n) is 39.0. The Balaban J connectivity index is 4.57. The monoisotopic (exact) mass is 877 g/mol. The molecule has 0 bridgehead atoms. The van der Waals surface area contributed by atoms with Crippen molar-refractivity contribution >= 4 is 19.8 Å². The number of rotatable bonds is 41. The molecule has 61 heavy (non-hydrogen) atoms. The fraction of sp³-hybridized carbons (Fsp3) is 0.680. The van der Waals surface area contributed by atoms with Crippen LogP contribution < -0.4 is 0 Å². The molecular weight excluding hydrogens is 790 g/mol. The van der Waals surface area contributed by atoms with Crippen LogP contribution in [0.1, 0.15) is 162 Å². The highest BCUT2D eigenvalue weighted by Crippen LogP contribution is 2.43. The average Bonchev–Trinajstić information content (AvgIpc) is 3.21. The van der Waals surface area contributed by atoms with Gasteiger partial charge in [0.2, 0.25) is 0 Å². The Bertz CT molecular complexity index is 1330. The van der Waals surface area contributed by atoms with Crippen LogP contribution >= 0.6 is 7.82 Å². The number of carbonyl (C=O) groups excluding carboxylic acids is 2. The van der Waals surface area contributed by atoms with Gasteiger partial charge in [-0.05, 0) is 70.6 Å². The molecule has 3 atom stereocenters. The second kappa shape index (κ2) is 41.2. The molecule has 0 aromatic rings. The predicted molar refractivity (Wildman–Crippen MR) is 253 cm³/mol. The van der Waals surface area contributed by atoms with Crippen molar-refractivity contribution in [3.63, 3.8) is 0 Å². The molecule has 0 heterocycles. The molecular formula is C50H87NO9P+. The van der Waals surface area contributed by atoms with E-state index in [2.05, 4.69) is 74.6 Å². The van der Waals surface area contributed by atoms with Crippen LogP contribution in [-0.2, 0) is 32.7 Å². The third-order valence-electron chi connectivity index (χ3n) is 9.53. The summed E-state index contributed by atoms with van der Waals surface area (Å²) in [6.45, 7) is 4.01. The summed E-state index contributed by atoms with van der Waals surface area (Å²) in [5.41, 5.74) is 0. The van der Waals surface area contributed by atoms with Gasteiger partial charge < -0.3 is 24.0 Å². The number of likely N-dealkylation sites (N-methyl/N-ethyl adjacent to an activating group) is 1. The molecule has 2 unspecified atom stereocenters. The van der Waals surface area contributed by atoms with Crippen molar-refractivity contribution in [1.82, 2.24) is 0 Å². The third kappa shape index (κ3) is 45.0. The van der Waals surface area contributed by atoms with E-state index in [-0.39, 0.29) is 32.5 Å². The van der Waals surface area contributed by atoms with E-state index in [1.165, 1.54) is 64.2 Å². The van der Waals surface area contributed by atoms with Gasteiger partial charge >= 0.3 is 19.8 Å². The number of hydrogen-bond donors (Lipinski definition) is 2. The van der Waals surface area contributed by atoms with E-state index in [1.807, 2.05) is 33.3 Å². The number of aliphatic hydroxyl groups excluding tert-OH is 1. The van der Waals surface area contributed by atoms with Crippen molar-refractivity contribution in [2.75, 3.05) is 47.5 Å². The lowest BCUT2D eigenvalue weighted by Crippen LogP contribution is -2.37. The van der Waals surface area contributed by atoms with Gasteiger partial charge in [-0.15, -0.1) is 0 Å². The van der Waals surface area contributed by atoms with Crippen LogP contribution in [-0.4, -0.2) is 86.1 Å². The minimum absolute atomic E-state index is 0.0154. The molecule has 2 N–H and O–H groups in total. The number of allylic oxidation sites excluding steroid dienone is 13. The predicted octanol–water partition coefficient (Wildman–Crippen LogP) is 12.5. The minimum atomic E-state index is -4.45. The second-order valence-corrected chi connectivity index (χ2v) is 18.1. The summed E-state index contributed by atoms with van der Waals surface area (Å²) in [5.74, 6) is -1.09. The molecule has 0 aliphatic carbocycles. The normalized spacial score (nSPS) is 14.8. The van der Waals surface area contributed by atoms with Crippen LogP contribution in [0, 0.1) is 0 Å². The first-order valence-electron chi connectivity index (χ1n) is 23.4. The SMILES string of the molecule is CC/C=C\C/C=C\C/C=C\C/C=C\C/C=C\C=C/C(O)CCC(=O)O[C@H](COC(=O)CCCCCCCCC/C=C\CCCCCCCC)COP(=O)(O)OCC[N+](C)(C)C. The molecule has 0 aromatic heterocycles. The molecule has 0 saturated heterocycles. The highest BCUT2D eigenvalue weighted by molar-refractivity contribution is 7.47. The molecule has 0 radical (unpaired) electrons. The van der Waals surface area contributed by atoms with E-state index in [9.17, 15) is 24.2 Å². The van der Waals surface area contributed by atoms with Crippen molar-refractivity contribution < 1.29 is 47.2 Å². The molecule has 10 nitrogen and oxygen atoms in total. The number of phosphoric ester groups is 1. The van der Waals surface area contributed by atoms with Gasteiger partial charge in [0.15, 0.2) is 6.10 Å². The molecule has 0 saturated carbocycles. The fourth-order valence-corrected chi connectivity index (χ4v) is 6.56. The summed E-state index contributed by atoms with van der Waals surface area (Å²) in [7, 11) is 1.32. The molecule has 0 rings (SSSR count). The first-order valence-corrected chi connectivity index (χ1v) is 24.9. The Kier molecular flexibility index (Phi) is 39.3. The van der Waals surface area contributed by atoms with E-state index >= 15 is 0 Å². The Hall–Kier alpha value is -2.85. The van der Waals surface area contributed by atoms with Crippen molar-refractivity contribution in [3.05, 3.63) is 85.1 Å². The van der Waals surface area contributed by atoms with Gasteiger partial charge in [-0.25, -0.2) is 4.57 Å². The molecule has 0 fully saturated rings. The number of hydrogen-bond acceptors (Lipinski definition) is 8. The van der Waals surface area contributed by atoms with Crippen LogP contribution in [0.3, 0.4) is 0 Å². The van der Waals surface area contributed by atoms with Gasteiger partial charge in [-0.3, -0.25) is 18.6 Å². The number of phosphoric acid groups is 1. The number of carbonyl (C=O) groups is 2. The molecule has 11 heteroatoms. The van der Waals surface area contributed by atoms with E-state index < -0.39 is 38.6 Å². The Morgan fingerprint density at radius 1 is 0.607 bits per heavy atom. The number of nitrogens with zero attached hydrogens (tertiary/aromatic N) is 1. The van der Waals surface area contributed by atoms with E-state index in [0.717, 1.165) is 57.8 Å². The number of esters is 2. The lowest BCUT2D eigenvalue weighted by Gasteiger charge is -2.24. The van der Waals surface area contributed by atoms with Crippen molar-refractivity contribution in [3.8, 4) is 0 Å². The number of ether oxygens (including phenoxy) is 2. The highest BCUT2D eigenvalue weighted by Gasteiger charge is 2.27. The summed E-state index contributed by atoms with van der Waals surface area (Å²) in [5, 5.41) is 10.4.